The highest BCUT2D eigenvalue weighted by Crippen LogP contribution is 2.55. The lowest BCUT2D eigenvalue weighted by Crippen LogP contribution is -2.16. The summed E-state index contributed by atoms with van der Waals surface area (Å²) >= 11 is 0. The van der Waals surface area contributed by atoms with Gasteiger partial charge in [-0.2, -0.15) is 0 Å². The van der Waals surface area contributed by atoms with E-state index >= 15 is 0 Å². The van der Waals surface area contributed by atoms with E-state index in [0.29, 0.717) is 23.0 Å². The fourth-order valence-electron chi connectivity index (χ4n) is 6.78. The van der Waals surface area contributed by atoms with E-state index in [2.05, 4.69) is 42.5 Å². The molecule has 0 amide bonds. The molecule has 0 N–H and O–H groups in total. The molecule has 0 radical (unpaired) electrons. The first-order valence-corrected chi connectivity index (χ1v) is 13.9. The molecule has 4 aromatic rings. The maximum atomic E-state index is 5.93. The third kappa shape index (κ3) is 4.35. The maximum absolute atomic E-state index is 5.93. The molecule has 0 aliphatic heterocycles. The van der Waals surface area contributed by atoms with E-state index < -0.39 is 0 Å². The Morgan fingerprint density at radius 1 is 0.476 bits per heavy atom. The van der Waals surface area contributed by atoms with Crippen LogP contribution in [0.2, 0.25) is 0 Å². The predicted octanol–water partition coefficient (Wildman–Crippen LogP) is 6.79. The SMILES string of the molecule is COc1cc2c(c(OC)c1)-c1cc(OC)cc3c1[C@@H](C2)c1cc(OC)c(OC)cc1[C@@H](c1ccc(OC)c(OC)c1)C3. The molecule has 7 nitrogen and oxygen atoms in total. The molecule has 0 bridgehead atoms. The largest absolute Gasteiger partial charge is 0.497 e. The highest BCUT2D eigenvalue weighted by atomic mass is 16.5. The molecule has 6 rings (SSSR count). The summed E-state index contributed by atoms with van der Waals surface area (Å²) in [5, 5.41) is 0. The van der Waals surface area contributed by atoms with Crippen molar-refractivity contribution >= 4 is 0 Å². The number of ether oxygens (including phenoxy) is 7. The van der Waals surface area contributed by atoms with Crippen molar-refractivity contribution in [2.75, 3.05) is 49.8 Å². The zero-order chi connectivity index (χ0) is 29.5. The van der Waals surface area contributed by atoms with Crippen LogP contribution in [0.5, 0.6) is 40.2 Å². The Kier molecular flexibility index (Phi) is 7.27. The topological polar surface area (TPSA) is 64.6 Å². The van der Waals surface area contributed by atoms with Crippen LogP contribution in [0.1, 0.15) is 45.2 Å². The van der Waals surface area contributed by atoms with Crippen LogP contribution < -0.4 is 33.2 Å². The molecule has 0 spiro atoms. The van der Waals surface area contributed by atoms with Gasteiger partial charge in [-0.15, -0.1) is 0 Å². The van der Waals surface area contributed by atoms with Gasteiger partial charge in [-0.1, -0.05) is 6.07 Å². The number of benzene rings is 4. The Bertz CT molecular complexity index is 1660. The van der Waals surface area contributed by atoms with Crippen molar-refractivity contribution in [1.29, 1.82) is 0 Å². The Hall–Kier alpha value is -4.52. The van der Waals surface area contributed by atoms with Crippen LogP contribution in [0.3, 0.4) is 0 Å². The van der Waals surface area contributed by atoms with Crippen LogP contribution in [-0.4, -0.2) is 49.8 Å². The fraction of sp³-hybridized carbons (Fsp3) is 0.314. The lowest BCUT2D eigenvalue weighted by molar-refractivity contribution is 0.353. The van der Waals surface area contributed by atoms with Crippen molar-refractivity contribution in [2.45, 2.75) is 24.7 Å². The van der Waals surface area contributed by atoms with Crippen molar-refractivity contribution in [3.8, 4) is 51.4 Å². The van der Waals surface area contributed by atoms with Crippen molar-refractivity contribution < 1.29 is 33.2 Å². The van der Waals surface area contributed by atoms with Gasteiger partial charge in [-0.05, 0) is 94.3 Å². The molecule has 0 aromatic heterocycles. The molecule has 2 atom stereocenters. The molecule has 0 fully saturated rings. The molecule has 7 heteroatoms. The van der Waals surface area contributed by atoms with E-state index in [9.17, 15) is 0 Å². The van der Waals surface area contributed by atoms with Gasteiger partial charge in [0.15, 0.2) is 23.0 Å². The van der Waals surface area contributed by atoms with E-state index in [4.69, 9.17) is 33.2 Å². The molecule has 2 aliphatic rings. The van der Waals surface area contributed by atoms with E-state index in [1.54, 1.807) is 49.8 Å². The van der Waals surface area contributed by atoms with E-state index in [-0.39, 0.29) is 11.8 Å². The third-order valence-corrected chi connectivity index (χ3v) is 8.70. The van der Waals surface area contributed by atoms with E-state index in [1.807, 2.05) is 12.1 Å². The third-order valence-electron chi connectivity index (χ3n) is 8.70. The molecule has 42 heavy (non-hydrogen) atoms. The number of fused-ring (bicyclic) bond motifs is 4. The Morgan fingerprint density at radius 3 is 1.64 bits per heavy atom. The summed E-state index contributed by atoms with van der Waals surface area (Å²) in [6.07, 6.45) is 1.53. The molecule has 218 valence electrons. The summed E-state index contributed by atoms with van der Waals surface area (Å²) < 4.78 is 40.4. The minimum absolute atomic E-state index is 0.000891. The van der Waals surface area contributed by atoms with Crippen LogP contribution in [0.25, 0.3) is 11.1 Å². The molecule has 0 heterocycles. The predicted molar refractivity (Wildman–Crippen MR) is 162 cm³/mol. The average molecular weight is 569 g/mol. The minimum atomic E-state index is 0.000891. The van der Waals surface area contributed by atoms with Gasteiger partial charge >= 0.3 is 0 Å². The summed E-state index contributed by atoms with van der Waals surface area (Å²) in [5.74, 6) is 5.20. The Balaban J connectivity index is 1.68. The monoisotopic (exact) mass is 568 g/mol. The van der Waals surface area contributed by atoms with Crippen LogP contribution in [-0.2, 0) is 12.8 Å². The molecular weight excluding hydrogens is 532 g/mol. The van der Waals surface area contributed by atoms with Crippen molar-refractivity contribution in [1.82, 2.24) is 0 Å². The van der Waals surface area contributed by atoms with Gasteiger partial charge in [-0.3, -0.25) is 0 Å². The molecule has 0 saturated heterocycles. The van der Waals surface area contributed by atoms with E-state index in [0.717, 1.165) is 52.3 Å². The fourth-order valence-corrected chi connectivity index (χ4v) is 6.78. The zero-order valence-electron chi connectivity index (χ0n) is 25.1. The molecule has 2 aliphatic carbocycles. The standard InChI is InChI=1S/C35H36O7/c1-36-22-10-20-12-24(19-8-9-29(38-3)30(14-19)39-4)25-17-31(40-5)32(41-6)18-26(25)27-13-21-11-23(37-2)16-33(42-7)35(21)28(15-22)34(20)27/h8-11,14-18,24,27H,12-13H2,1-7H3/t24-,27+/m1/s1. The number of hydrogen-bond donors (Lipinski definition) is 0. The summed E-state index contributed by atoms with van der Waals surface area (Å²) in [6.45, 7) is 0. The summed E-state index contributed by atoms with van der Waals surface area (Å²) in [4.78, 5) is 0. The van der Waals surface area contributed by atoms with Gasteiger partial charge in [0, 0.05) is 23.5 Å². The second kappa shape index (κ2) is 11.0. The number of rotatable bonds is 8. The van der Waals surface area contributed by atoms with Gasteiger partial charge in [0.25, 0.3) is 0 Å². The lowest BCUT2D eigenvalue weighted by atomic mass is 9.73. The number of hydrogen-bond acceptors (Lipinski definition) is 7. The van der Waals surface area contributed by atoms with Gasteiger partial charge in [0.2, 0.25) is 0 Å². The van der Waals surface area contributed by atoms with Gasteiger partial charge in [0.1, 0.15) is 17.2 Å². The highest BCUT2D eigenvalue weighted by molar-refractivity contribution is 5.84. The molecular formula is C35H36O7. The lowest BCUT2D eigenvalue weighted by Gasteiger charge is -2.32. The number of methoxy groups -OCH3 is 7. The smallest absolute Gasteiger partial charge is 0.161 e. The van der Waals surface area contributed by atoms with Gasteiger partial charge < -0.3 is 33.2 Å². The normalized spacial score (nSPS) is 16.3. The minimum Gasteiger partial charge on any atom is -0.497 e. The van der Waals surface area contributed by atoms with Crippen LogP contribution in [0, 0.1) is 0 Å². The van der Waals surface area contributed by atoms with Crippen molar-refractivity contribution in [2.24, 2.45) is 0 Å². The molecule has 0 saturated carbocycles. The van der Waals surface area contributed by atoms with Crippen molar-refractivity contribution in [3.63, 3.8) is 0 Å². The van der Waals surface area contributed by atoms with Crippen LogP contribution in [0.15, 0.2) is 54.6 Å². The first kappa shape index (κ1) is 27.6. The Labute approximate surface area is 246 Å². The molecule has 4 aromatic carbocycles. The quantitative estimate of drug-likeness (QED) is 0.232. The second-order valence-electron chi connectivity index (χ2n) is 10.6. The van der Waals surface area contributed by atoms with Crippen molar-refractivity contribution in [3.05, 3.63) is 88.0 Å². The summed E-state index contributed by atoms with van der Waals surface area (Å²) in [6, 6.07) is 18.9. The first-order valence-electron chi connectivity index (χ1n) is 13.9. The maximum Gasteiger partial charge on any atom is 0.161 e. The van der Waals surface area contributed by atoms with Gasteiger partial charge in [0.05, 0.1) is 49.8 Å². The van der Waals surface area contributed by atoms with Crippen LogP contribution in [0.4, 0.5) is 0 Å². The summed E-state index contributed by atoms with van der Waals surface area (Å²) in [5.41, 5.74) is 9.37. The van der Waals surface area contributed by atoms with Crippen LogP contribution >= 0.6 is 0 Å². The van der Waals surface area contributed by atoms with Gasteiger partial charge in [-0.25, -0.2) is 0 Å². The average Bonchev–Trinajstić information content (AvgIpc) is 3.17. The zero-order valence-corrected chi connectivity index (χ0v) is 25.1. The first-order chi connectivity index (χ1) is 20.5. The second-order valence-corrected chi connectivity index (χ2v) is 10.6. The van der Waals surface area contributed by atoms with E-state index in [1.165, 1.54) is 22.3 Å². The summed E-state index contributed by atoms with van der Waals surface area (Å²) in [7, 11) is 11.8. The Morgan fingerprint density at radius 2 is 1.02 bits per heavy atom. The molecule has 0 unspecified atom stereocenters. The highest BCUT2D eigenvalue weighted by Gasteiger charge is 2.38.